The summed E-state index contributed by atoms with van der Waals surface area (Å²) in [6.07, 6.45) is 7.84. The van der Waals surface area contributed by atoms with Crippen LogP contribution in [-0.4, -0.2) is 72.1 Å². The first kappa shape index (κ1) is 31.4. The van der Waals surface area contributed by atoms with E-state index in [0.29, 0.717) is 25.4 Å². The summed E-state index contributed by atoms with van der Waals surface area (Å²) in [5, 5.41) is 0. The van der Waals surface area contributed by atoms with Crippen molar-refractivity contribution in [3.63, 3.8) is 0 Å². The van der Waals surface area contributed by atoms with Gasteiger partial charge in [-0.2, -0.15) is 0 Å². The number of Topliss-reactive ketones (excluding diaryl/α,β-unsaturated/α-hetero) is 1. The van der Waals surface area contributed by atoms with E-state index < -0.39 is 12.1 Å². The molecule has 0 heterocycles. The van der Waals surface area contributed by atoms with Gasteiger partial charge in [-0.25, -0.2) is 4.79 Å². The van der Waals surface area contributed by atoms with Gasteiger partial charge in [0, 0.05) is 33.0 Å². The highest BCUT2D eigenvalue weighted by molar-refractivity contribution is 6.17. The number of hydrogen-bond donors (Lipinski definition) is 0. The van der Waals surface area contributed by atoms with E-state index in [-0.39, 0.29) is 67.2 Å². The highest BCUT2D eigenvalue weighted by Crippen LogP contribution is 2.50. The molecule has 0 N–H and O–H groups in total. The summed E-state index contributed by atoms with van der Waals surface area (Å²) < 4.78 is 39.1. The largest absolute Gasteiger partial charge is 0.497 e. The number of carbonyl (C=O) groups is 2. The van der Waals surface area contributed by atoms with Crippen molar-refractivity contribution < 1.29 is 42.7 Å². The minimum Gasteiger partial charge on any atom is -0.497 e. The zero-order valence-electron chi connectivity index (χ0n) is 24.8. The molecule has 1 saturated carbocycles. The van der Waals surface area contributed by atoms with Crippen molar-refractivity contribution in [2.45, 2.75) is 57.5 Å². The van der Waals surface area contributed by atoms with E-state index in [1.165, 1.54) is 14.2 Å². The Balaban J connectivity index is 1.62. The quantitative estimate of drug-likeness (QED) is 0.164. The zero-order valence-corrected chi connectivity index (χ0v) is 24.8. The fourth-order valence-electron chi connectivity index (χ4n) is 6.66. The number of esters is 1. The van der Waals surface area contributed by atoms with Crippen LogP contribution >= 0.6 is 0 Å². The highest BCUT2D eigenvalue weighted by Gasteiger charge is 2.48. The lowest BCUT2D eigenvalue weighted by molar-refractivity contribution is -0.140. The molecule has 0 spiro atoms. The molecule has 8 atom stereocenters. The molecule has 9 nitrogen and oxygen atoms in total. The average Bonchev–Trinajstić information content (AvgIpc) is 3.31. The van der Waals surface area contributed by atoms with Crippen LogP contribution in [0.25, 0.3) is 0 Å². The summed E-state index contributed by atoms with van der Waals surface area (Å²) in [6.45, 7) is 2.90. The molecular weight excluding hydrogens is 528 g/mol. The smallest absolute Gasteiger partial charge is 0.341 e. The minimum atomic E-state index is -0.614. The van der Waals surface area contributed by atoms with Crippen LogP contribution < -0.4 is 4.74 Å². The third-order valence-corrected chi connectivity index (χ3v) is 8.63. The van der Waals surface area contributed by atoms with Crippen molar-refractivity contribution in [2.24, 2.45) is 29.6 Å². The van der Waals surface area contributed by atoms with Crippen molar-refractivity contribution in [3.05, 3.63) is 53.6 Å². The average molecular weight is 573 g/mol. The van der Waals surface area contributed by atoms with Crippen LogP contribution in [0.3, 0.4) is 0 Å². The van der Waals surface area contributed by atoms with Gasteiger partial charge >= 0.3 is 5.97 Å². The van der Waals surface area contributed by atoms with E-state index in [1.807, 2.05) is 30.3 Å². The minimum absolute atomic E-state index is 0.0211. The number of rotatable bonds is 11. The Labute approximate surface area is 243 Å². The molecule has 1 fully saturated rings. The lowest BCUT2D eigenvalue weighted by atomic mass is 9.68. The first-order valence-corrected chi connectivity index (χ1v) is 14.4. The van der Waals surface area contributed by atoms with Crippen LogP contribution in [0.2, 0.25) is 0 Å². The van der Waals surface area contributed by atoms with Crippen LogP contribution in [0.15, 0.2) is 48.1 Å². The molecule has 0 aliphatic heterocycles. The van der Waals surface area contributed by atoms with Crippen LogP contribution in [0.5, 0.6) is 5.75 Å². The Morgan fingerprint density at radius 3 is 2.22 bits per heavy atom. The van der Waals surface area contributed by atoms with Gasteiger partial charge in [0.25, 0.3) is 0 Å². The number of carbonyl (C=O) groups excluding carboxylic acids is 2. The maximum atomic E-state index is 13.5. The van der Waals surface area contributed by atoms with Gasteiger partial charge in [0.05, 0.1) is 44.7 Å². The third-order valence-electron chi connectivity index (χ3n) is 8.63. The van der Waals surface area contributed by atoms with Crippen molar-refractivity contribution in [1.82, 2.24) is 0 Å². The van der Waals surface area contributed by atoms with Crippen molar-refractivity contribution in [2.75, 3.05) is 42.0 Å². The molecule has 9 heteroatoms. The standard InChI is InChI=1S/C32H44O9/c1-20-12-28-26(31(20)39-17-21-6-9-23(37-4)10-7-21)11-8-22-13-24(40-18-35-2)14-25(41-19-36-3)15-30(33)29(16-27(22)28)32(34)38-5/h6-11,16,20,22,24-28,31H,12-15,17-19H2,1-5H3/b29-16-/t20-,22-,24-,25-,26+,27+,28+,31+/m1/s1. The predicted molar refractivity (Wildman–Crippen MR) is 151 cm³/mol. The van der Waals surface area contributed by atoms with Gasteiger partial charge in [-0.15, -0.1) is 0 Å². The Hall–Kier alpha value is -2.56. The van der Waals surface area contributed by atoms with Crippen molar-refractivity contribution in [1.29, 1.82) is 0 Å². The number of ether oxygens (including phenoxy) is 7. The SMILES string of the molecule is COCO[C@H]1CC(=O)/C(C(=O)OC)=C/[C@@H]2[C@H]3C[C@@H](C)[C@H](OCc4ccc(OC)cc4)[C@H]3C=C[C@@H]2C[C@@H](OCOC)C1. The van der Waals surface area contributed by atoms with Crippen LogP contribution in [-0.2, 0) is 44.6 Å². The first-order chi connectivity index (χ1) is 19.9. The Morgan fingerprint density at radius 1 is 0.854 bits per heavy atom. The molecule has 1 aromatic rings. The lowest BCUT2D eigenvalue weighted by Crippen LogP contribution is -2.37. The number of fused-ring (bicyclic) bond motifs is 3. The van der Waals surface area contributed by atoms with Gasteiger partial charge in [0.2, 0.25) is 0 Å². The van der Waals surface area contributed by atoms with Crippen LogP contribution in [0, 0.1) is 29.6 Å². The van der Waals surface area contributed by atoms with Gasteiger partial charge in [-0.05, 0) is 54.2 Å². The summed E-state index contributed by atoms with van der Waals surface area (Å²) in [5.41, 5.74) is 1.17. The topological polar surface area (TPSA) is 98.8 Å². The van der Waals surface area contributed by atoms with E-state index in [1.54, 1.807) is 14.2 Å². The summed E-state index contributed by atoms with van der Waals surface area (Å²) in [4.78, 5) is 26.4. The van der Waals surface area contributed by atoms with Gasteiger partial charge in [-0.1, -0.05) is 37.3 Å². The van der Waals surface area contributed by atoms with Gasteiger partial charge in [0.1, 0.15) is 19.3 Å². The van der Waals surface area contributed by atoms with Gasteiger partial charge in [-0.3, -0.25) is 4.79 Å². The molecule has 41 heavy (non-hydrogen) atoms. The van der Waals surface area contributed by atoms with Crippen LogP contribution in [0.4, 0.5) is 0 Å². The molecule has 0 amide bonds. The zero-order chi connectivity index (χ0) is 29.4. The Bertz CT molecular complexity index is 1070. The van der Waals surface area contributed by atoms with Gasteiger partial charge < -0.3 is 33.2 Å². The molecule has 1 aromatic carbocycles. The predicted octanol–water partition coefficient (Wildman–Crippen LogP) is 4.49. The summed E-state index contributed by atoms with van der Waals surface area (Å²) in [5.74, 6) is 0.576. The van der Waals surface area contributed by atoms with E-state index in [0.717, 1.165) is 17.7 Å². The van der Waals surface area contributed by atoms with E-state index in [9.17, 15) is 9.59 Å². The van der Waals surface area contributed by atoms with Crippen molar-refractivity contribution in [3.8, 4) is 5.75 Å². The van der Waals surface area contributed by atoms with E-state index in [2.05, 4.69) is 19.1 Å². The van der Waals surface area contributed by atoms with E-state index >= 15 is 0 Å². The second-order valence-electron chi connectivity index (χ2n) is 11.3. The summed E-state index contributed by atoms with van der Waals surface area (Å²) in [6, 6.07) is 7.91. The molecule has 4 rings (SSSR count). The molecule has 3 aliphatic rings. The number of ketones is 1. The molecule has 0 aromatic heterocycles. The number of benzene rings is 1. The molecular formula is C32H44O9. The van der Waals surface area contributed by atoms with Crippen molar-refractivity contribution >= 4 is 11.8 Å². The summed E-state index contributed by atoms with van der Waals surface area (Å²) >= 11 is 0. The molecule has 226 valence electrons. The van der Waals surface area contributed by atoms with Gasteiger partial charge in [0.15, 0.2) is 5.78 Å². The molecule has 0 radical (unpaired) electrons. The van der Waals surface area contributed by atoms with E-state index in [4.69, 9.17) is 33.2 Å². The fourth-order valence-corrected chi connectivity index (χ4v) is 6.66. The number of hydrogen-bond acceptors (Lipinski definition) is 9. The Kier molecular flexibility index (Phi) is 11.5. The summed E-state index contributed by atoms with van der Waals surface area (Å²) in [7, 11) is 6.09. The monoisotopic (exact) mass is 572 g/mol. The Morgan fingerprint density at radius 2 is 1.56 bits per heavy atom. The lowest BCUT2D eigenvalue weighted by Gasteiger charge is -2.38. The van der Waals surface area contributed by atoms with Crippen LogP contribution in [0.1, 0.15) is 38.2 Å². The number of methoxy groups -OCH3 is 4. The highest BCUT2D eigenvalue weighted by atomic mass is 16.7. The molecule has 0 saturated heterocycles. The second kappa shape index (κ2) is 15.1. The molecule has 0 unspecified atom stereocenters. The maximum Gasteiger partial charge on any atom is 0.341 e. The fraction of sp³-hybridized carbons (Fsp3) is 0.625. The first-order valence-electron chi connectivity index (χ1n) is 14.4. The molecule has 3 aliphatic carbocycles. The normalized spacial score (nSPS) is 32.9. The maximum absolute atomic E-state index is 13.5. The second-order valence-corrected chi connectivity index (χ2v) is 11.3. The molecule has 0 bridgehead atoms. The third kappa shape index (κ3) is 7.84. The number of allylic oxidation sites excluding steroid dienone is 2.